The molecule has 0 spiro atoms. The lowest BCUT2D eigenvalue weighted by molar-refractivity contribution is 0.307. The highest BCUT2D eigenvalue weighted by Gasteiger charge is 1.86. The normalized spacial score (nSPS) is 9.67. The molecule has 1 N–H and O–H groups in total. The summed E-state index contributed by atoms with van der Waals surface area (Å²) >= 11 is 0. The van der Waals surface area contributed by atoms with Gasteiger partial charge in [-0.25, -0.2) is 9.98 Å². The maximum atomic E-state index is 8.36. The fourth-order valence-electron chi connectivity index (χ4n) is 0.666. The largest absolute Gasteiger partial charge is 0.394 e. The lowest BCUT2D eigenvalue weighted by atomic mass is 10.4. The van der Waals surface area contributed by atoms with E-state index in [1.807, 2.05) is 14.1 Å². The predicted molar refractivity (Wildman–Crippen MR) is 49.9 cm³/mol. The molecular formula is C8H17N3O. The first-order valence-electron chi connectivity index (χ1n) is 4.11. The van der Waals surface area contributed by atoms with E-state index in [4.69, 9.17) is 5.11 Å². The van der Waals surface area contributed by atoms with Crippen LogP contribution < -0.4 is 0 Å². The smallest absolute Gasteiger partial charge is 0.0893 e. The summed E-state index contributed by atoms with van der Waals surface area (Å²) in [5.74, 6) is 0. The second-order valence-corrected chi connectivity index (χ2v) is 2.74. The average molecular weight is 171 g/mol. The lowest BCUT2D eigenvalue weighted by Crippen LogP contribution is -2.13. The molecule has 0 atom stereocenters. The van der Waals surface area contributed by atoms with Crippen LogP contribution in [-0.4, -0.2) is 56.4 Å². The Hall–Kier alpha value is -0.700. The minimum atomic E-state index is 0.0697. The Morgan fingerprint density at radius 2 is 1.92 bits per heavy atom. The fraction of sp³-hybridized carbons (Fsp3) is 0.875. The zero-order valence-electron chi connectivity index (χ0n) is 7.82. The number of hydrogen-bond acceptors (Lipinski definition) is 4. The molecule has 0 aliphatic carbocycles. The molecule has 0 saturated carbocycles. The topological polar surface area (TPSA) is 48.2 Å². The molecule has 4 heteroatoms. The van der Waals surface area contributed by atoms with Gasteiger partial charge in [0, 0.05) is 0 Å². The van der Waals surface area contributed by atoms with Crippen LogP contribution in [-0.2, 0) is 0 Å². The zero-order chi connectivity index (χ0) is 9.23. The van der Waals surface area contributed by atoms with Gasteiger partial charge >= 0.3 is 0 Å². The molecule has 0 fully saturated rings. The van der Waals surface area contributed by atoms with E-state index in [1.54, 1.807) is 0 Å². The molecule has 70 valence electrons. The van der Waals surface area contributed by atoms with E-state index in [-0.39, 0.29) is 6.61 Å². The summed E-state index contributed by atoms with van der Waals surface area (Å²) in [6, 6.07) is 2.53. The molecule has 0 rings (SSSR count). The third kappa shape index (κ3) is 9.30. The first kappa shape index (κ1) is 11.3. The van der Waals surface area contributed by atoms with Gasteiger partial charge in [0.2, 0.25) is 0 Å². The number of hydrogen-bond donors (Lipinski definition) is 1. The maximum absolute atomic E-state index is 8.36. The van der Waals surface area contributed by atoms with Crippen LogP contribution in [0.1, 0.15) is 6.42 Å². The summed E-state index contributed by atoms with van der Waals surface area (Å²) in [7, 11) is 4.06. The highest BCUT2D eigenvalue weighted by Crippen LogP contribution is 1.82. The molecule has 0 aliphatic rings. The minimum absolute atomic E-state index is 0.0697. The van der Waals surface area contributed by atoms with Crippen LogP contribution in [0.4, 0.5) is 0 Å². The Balaban J connectivity index is 3.23. The molecule has 0 aromatic heterocycles. The Morgan fingerprint density at radius 1 is 1.25 bits per heavy atom. The number of nitrogens with zero attached hydrogens (tertiary/aromatic N) is 3. The van der Waals surface area contributed by atoms with Crippen LogP contribution in [0.15, 0.2) is 9.98 Å². The average Bonchev–Trinajstić information content (AvgIpc) is 2.02. The van der Waals surface area contributed by atoms with E-state index in [0.29, 0.717) is 6.54 Å². The van der Waals surface area contributed by atoms with Gasteiger partial charge in [0.1, 0.15) is 0 Å². The van der Waals surface area contributed by atoms with Gasteiger partial charge in [-0.1, -0.05) is 0 Å². The van der Waals surface area contributed by atoms with Crippen molar-refractivity contribution < 1.29 is 5.11 Å². The second-order valence-electron chi connectivity index (χ2n) is 2.74. The van der Waals surface area contributed by atoms with Gasteiger partial charge in [0.05, 0.1) is 25.7 Å². The van der Waals surface area contributed by atoms with E-state index in [1.165, 1.54) is 0 Å². The minimum Gasteiger partial charge on any atom is -0.394 e. The van der Waals surface area contributed by atoms with Gasteiger partial charge in [-0.2, -0.15) is 0 Å². The van der Waals surface area contributed by atoms with E-state index in [2.05, 4.69) is 20.9 Å². The molecule has 12 heavy (non-hydrogen) atoms. The summed E-state index contributed by atoms with van der Waals surface area (Å²) in [5, 5.41) is 8.36. The van der Waals surface area contributed by atoms with Crippen molar-refractivity contribution in [3.63, 3.8) is 0 Å². The Morgan fingerprint density at radius 3 is 2.50 bits per heavy atom. The van der Waals surface area contributed by atoms with Crippen molar-refractivity contribution in [3.05, 3.63) is 0 Å². The quantitative estimate of drug-likeness (QED) is 0.455. The number of aliphatic imine (C=N–C) groups is 2. The third-order valence-corrected chi connectivity index (χ3v) is 1.23. The summed E-state index contributed by atoms with van der Waals surface area (Å²) in [6.45, 7) is 2.26. The Labute approximate surface area is 73.6 Å². The van der Waals surface area contributed by atoms with Crippen molar-refractivity contribution in [3.8, 4) is 0 Å². The molecule has 4 nitrogen and oxygen atoms in total. The van der Waals surface area contributed by atoms with E-state index in [9.17, 15) is 0 Å². The van der Waals surface area contributed by atoms with Crippen LogP contribution >= 0.6 is 0 Å². The van der Waals surface area contributed by atoms with Crippen LogP contribution in [0.5, 0.6) is 0 Å². The first-order chi connectivity index (χ1) is 5.77. The van der Waals surface area contributed by atoms with Crippen molar-refractivity contribution in [2.45, 2.75) is 6.42 Å². The summed E-state index contributed by atoms with van der Waals surface area (Å²) in [5.41, 5.74) is 0. The third-order valence-electron chi connectivity index (χ3n) is 1.23. The molecule has 0 heterocycles. The van der Waals surface area contributed by atoms with Gasteiger partial charge in [-0.3, -0.25) is 0 Å². The van der Waals surface area contributed by atoms with Crippen molar-refractivity contribution in [1.29, 1.82) is 0 Å². The molecule has 0 radical (unpaired) electrons. The van der Waals surface area contributed by atoms with Crippen molar-refractivity contribution >= 4 is 6.01 Å². The fourth-order valence-corrected chi connectivity index (χ4v) is 0.666. The zero-order valence-corrected chi connectivity index (χ0v) is 7.82. The number of aliphatic hydroxyl groups is 1. The van der Waals surface area contributed by atoms with E-state index >= 15 is 0 Å². The second kappa shape index (κ2) is 8.40. The monoisotopic (exact) mass is 171 g/mol. The molecule has 0 bridgehead atoms. The molecule has 0 unspecified atom stereocenters. The molecule has 0 aromatic rings. The predicted octanol–water partition coefficient (Wildman–Crippen LogP) is 0.104. The van der Waals surface area contributed by atoms with Crippen LogP contribution in [0.25, 0.3) is 0 Å². The van der Waals surface area contributed by atoms with Gasteiger partial charge in [0.25, 0.3) is 0 Å². The van der Waals surface area contributed by atoms with E-state index in [0.717, 1.165) is 19.5 Å². The summed E-state index contributed by atoms with van der Waals surface area (Å²) < 4.78 is 0. The summed E-state index contributed by atoms with van der Waals surface area (Å²) in [4.78, 5) is 9.76. The standard InChI is InChI=1S/C8H17N3O/c1-11(2)6-3-4-9-8-10-5-7-12/h12H,3-7H2,1-2H3. The number of rotatable bonds is 6. The van der Waals surface area contributed by atoms with Gasteiger partial charge in [0.15, 0.2) is 0 Å². The van der Waals surface area contributed by atoms with E-state index < -0.39 is 0 Å². The highest BCUT2D eigenvalue weighted by molar-refractivity contribution is 5.40. The van der Waals surface area contributed by atoms with Crippen LogP contribution in [0, 0.1) is 0 Å². The Bertz CT molecular complexity index is 150. The van der Waals surface area contributed by atoms with Gasteiger partial charge < -0.3 is 10.0 Å². The molecule has 0 saturated heterocycles. The van der Waals surface area contributed by atoms with Crippen LogP contribution in [0.2, 0.25) is 0 Å². The lowest BCUT2D eigenvalue weighted by Gasteiger charge is -2.05. The molecular weight excluding hydrogens is 154 g/mol. The van der Waals surface area contributed by atoms with Gasteiger partial charge in [-0.15, -0.1) is 0 Å². The van der Waals surface area contributed by atoms with Gasteiger partial charge in [-0.05, 0) is 27.1 Å². The summed E-state index contributed by atoms with van der Waals surface area (Å²) in [6.07, 6.45) is 1.02. The van der Waals surface area contributed by atoms with Crippen molar-refractivity contribution in [1.82, 2.24) is 4.90 Å². The number of aliphatic hydroxyl groups excluding tert-OH is 1. The molecule has 0 aliphatic heterocycles. The molecule has 0 amide bonds. The molecule has 0 aromatic carbocycles. The van der Waals surface area contributed by atoms with Crippen LogP contribution in [0.3, 0.4) is 0 Å². The highest BCUT2D eigenvalue weighted by atomic mass is 16.3. The van der Waals surface area contributed by atoms with Crippen molar-refractivity contribution in [2.24, 2.45) is 9.98 Å². The first-order valence-corrected chi connectivity index (χ1v) is 4.11. The maximum Gasteiger partial charge on any atom is 0.0893 e. The Kier molecular flexibility index (Phi) is 7.91. The SMILES string of the molecule is CN(C)CCCN=C=NCCO. The van der Waals surface area contributed by atoms with Crippen molar-refractivity contribution in [2.75, 3.05) is 40.3 Å².